The average molecular weight is 409 g/mol. The third-order valence-corrected chi connectivity index (χ3v) is 4.04. The molecule has 0 spiro atoms. The lowest BCUT2D eigenvalue weighted by Crippen LogP contribution is -2.22. The van der Waals surface area contributed by atoms with Gasteiger partial charge < -0.3 is 29.6 Å². The van der Waals surface area contributed by atoms with Gasteiger partial charge in [0.2, 0.25) is 5.91 Å². The molecule has 152 valence electrons. The summed E-state index contributed by atoms with van der Waals surface area (Å²) in [4.78, 5) is 12.3. The molecule has 0 aliphatic rings. The van der Waals surface area contributed by atoms with Crippen molar-refractivity contribution >= 4 is 28.9 Å². The van der Waals surface area contributed by atoms with E-state index >= 15 is 0 Å². The summed E-state index contributed by atoms with van der Waals surface area (Å²) in [6, 6.07) is 8.57. The number of halogens is 1. The van der Waals surface area contributed by atoms with Crippen LogP contribution >= 0.6 is 11.6 Å². The fourth-order valence-electron chi connectivity index (χ4n) is 2.51. The Balaban J connectivity index is 2.05. The summed E-state index contributed by atoms with van der Waals surface area (Å²) in [7, 11) is 3.05. The van der Waals surface area contributed by atoms with Crippen LogP contribution in [-0.2, 0) is 4.79 Å². The van der Waals surface area contributed by atoms with E-state index in [0.717, 1.165) is 0 Å². The summed E-state index contributed by atoms with van der Waals surface area (Å²) in [5, 5.41) is 6.27. The Morgan fingerprint density at radius 3 is 2.25 bits per heavy atom. The predicted molar refractivity (Wildman–Crippen MR) is 110 cm³/mol. The van der Waals surface area contributed by atoms with Crippen molar-refractivity contribution in [2.45, 2.75) is 13.8 Å². The molecule has 1 amide bonds. The van der Waals surface area contributed by atoms with E-state index in [2.05, 4.69) is 10.6 Å². The molecule has 0 unspecified atom stereocenters. The molecule has 0 atom stereocenters. The number of amides is 1. The highest BCUT2D eigenvalue weighted by molar-refractivity contribution is 6.32. The van der Waals surface area contributed by atoms with Crippen LogP contribution in [0.5, 0.6) is 23.0 Å². The molecule has 2 N–H and O–H groups in total. The van der Waals surface area contributed by atoms with Crippen LogP contribution in [0, 0.1) is 0 Å². The lowest BCUT2D eigenvalue weighted by Gasteiger charge is -2.15. The first-order valence-electron chi connectivity index (χ1n) is 8.87. The Morgan fingerprint density at radius 1 is 0.929 bits per heavy atom. The molecule has 2 rings (SSSR count). The molecule has 0 heterocycles. The van der Waals surface area contributed by atoms with E-state index in [1.54, 1.807) is 30.3 Å². The Hall–Kier alpha value is -2.80. The highest BCUT2D eigenvalue weighted by Crippen LogP contribution is 2.36. The molecule has 2 aromatic carbocycles. The number of nitrogens with one attached hydrogen (secondary N) is 2. The second kappa shape index (κ2) is 10.5. The minimum atomic E-state index is -0.234. The number of carbonyl (C=O) groups excluding carboxylic acids is 1. The maximum Gasteiger partial charge on any atom is 0.243 e. The van der Waals surface area contributed by atoms with Crippen molar-refractivity contribution in [3.8, 4) is 23.0 Å². The molecule has 0 saturated heterocycles. The van der Waals surface area contributed by atoms with Crippen LogP contribution < -0.4 is 29.6 Å². The van der Waals surface area contributed by atoms with E-state index < -0.39 is 0 Å². The zero-order valence-corrected chi connectivity index (χ0v) is 17.2. The fourth-order valence-corrected chi connectivity index (χ4v) is 2.74. The van der Waals surface area contributed by atoms with E-state index in [1.165, 1.54) is 14.2 Å². The summed E-state index contributed by atoms with van der Waals surface area (Å²) < 4.78 is 21.6. The molecule has 0 aromatic heterocycles. The van der Waals surface area contributed by atoms with Crippen LogP contribution in [0.15, 0.2) is 30.3 Å². The van der Waals surface area contributed by atoms with Crippen molar-refractivity contribution in [1.82, 2.24) is 0 Å². The van der Waals surface area contributed by atoms with Gasteiger partial charge in [-0.05, 0) is 26.0 Å². The monoisotopic (exact) mass is 408 g/mol. The molecule has 8 heteroatoms. The molecule has 2 aromatic rings. The van der Waals surface area contributed by atoms with Crippen LogP contribution in [0.1, 0.15) is 13.8 Å². The van der Waals surface area contributed by atoms with Gasteiger partial charge in [0, 0.05) is 23.9 Å². The normalized spacial score (nSPS) is 10.2. The molecule has 0 saturated carbocycles. The Labute approximate surface area is 169 Å². The summed E-state index contributed by atoms with van der Waals surface area (Å²) in [6.45, 7) is 4.84. The van der Waals surface area contributed by atoms with Gasteiger partial charge in [0.05, 0.1) is 44.7 Å². The zero-order valence-electron chi connectivity index (χ0n) is 16.4. The van der Waals surface area contributed by atoms with Gasteiger partial charge >= 0.3 is 0 Å². The average Bonchev–Trinajstić information content (AvgIpc) is 2.69. The quantitative estimate of drug-likeness (QED) is 0.613. The minimum absolute atomic E-state index is 0.0261. The number of hydrogen-bond acceptors (Lipinski definition) is 6. The topological polar surface area (TPSA) is 78.1 Å². The lowest BCUT2D eigenvalue weighted by atomic mass is 10.2. The number of methoxy groups -OCH3 is 2. The van der Waals surface area contributed by atoms with Gasteiger partial charge in [0.1, 0.15) is 11.5 Å². The van der Waals surface area contributed by atoms with Crippen molar-refractivity contribution in [1.29, 1.82) is 0 Å². The largest absolute Gasteiger partial charge is 0.495 e. The highest BCUT2D eigenvalue weighted by Gasteiger charge is 2.12. The van der Waals surface area contributed by atoms with Gasteiger partial charge in [0.15, 0.2) is 11.5 Å². The number of hydrogen-bond donors (Lipinski definition) is 2. The number of carbonyl (C=O) groups is 1. The van der Waals surface area contributed by atoms with Gasteiger partial charge in [-0.2, -0.15) is 0 Å². The number of anilines is 2. The maximum absolute atomic E-state index is 12.3. The molecule has 0 bridgehead atoms. The SMILES string of the molecule is CCOc1ccc(NC(=O)CNc2cc(OC)c(Cl)cc2OC)cc1OCC. The summed E-state index contributed by atoms with van der Waals surface area (Å²) in [6.07, 6.45) is 0. The molecule has 28 heavy (non-hydrogen) atoms. The van der Waals surface area contributed by atoms with Gasteiger partial charge in [-0.1, -0.05) is 11.6 Å². The maximum atomic E-state index is 12.3. The van der Waals surface area contributed by atoms with Crippen LogP contribution in [0.2, 0.25) is 5.02 Å². The van der Waals surface area contributed by atoms with E-state index in [4.69, 9.17) is 30.5 Å². The lowest BCUT2D eigenvalue weighted by molar-refractivity contribution is -0.114. The first-order valence-corrected chi connectivity index (χ1v) is 9.25. The van der Waals surface area contributed by atoms with Gasteiger partial charge in [0.25, 0.3) is 0 Å². The van der Waals surface area contributed by atoms with E-state index in [0.29, 0.717) is 52.6 Å². The molecule has 0 fully saturated rings. The highest BCUT2D eigenvalue weighted by atomic mass is 35.5. The molecule has 7 nitrogen and oxygen atoms in total. The van der Waals surface area contributed by atoms with E-state index in [1.807, 2.05) is 13.8 Å². The summed E-state index contributed by atoms with van der Waals surface area (Å²) in [5.41, 5.74) is 1.21. The van der Waals surface area contributed by atoms with Crippen molar-refractivity contribution in [2.24, 2.45) is 0 Å². The summed E-state index contributed by atoms with van der Waals surface area (Å²) in [5.74, 6) is 1.98. The smallest absolute Gasteiger partial charge is 0.243 e. The van der Waals surface area contributed by atoms with Crippen molar-refractivity contribution in [3.05, 3.63) is 35.4 Å². The van der Waals surface area contributed by atoms with E-state index in [-0.39, 0.29) is 12.5 Å². The Morgan fingerprint density at radius 2 is 1.61 bits per heavy atom. The van der Waals surface area contributed by atoms with Crippen LogP contribution in [0.3, 0.4) is 0 Å². The third-order valence-electron chi connectivity index (χ3n) is 3.74. The predicted octanol–water partition coefficient (Wildman–Crippen LogP) is 4.21. The minimum Gasteiger partial charge on any atom is -0.495 e. The second-order valence-corrected chi connectivity index (χ2v) is 6.02. The Kier molecular flexibility index (Phi) is 8.07. The Bertz CT molecular complexity index is 813. The molecule has 0 aliphatic carbocycles. The third kappa shape index (κ3) is 5.60. The molecular weight excluding hydrogens is 384 g/mol. The number of benzene rings is 2. The van der Waals surface area contributed by atoms with E-state index in [9.17, 15) is 4.79 Å². The molecular formula is C20H25ClN2O5. The first-order chi connectivity index (χ1) is 13.5. The first kappa shape index (κ1) is 21.5. The van der Waals surface area contributed by atoms with Crippen molar-refractivity contribution < 1.29 is 23.7 Å². The number of ether oxygens (including phenoxy) is 4. The van der Waals surface area contributed by atoms with Crippen molar-refractivity contribution in [3.63, 3.8) is 0 Å². The molecule has 0 radical (unpaired) electrons. The zero-order chi connectivity index (χ0) is 20.5. The van der Waals surface area contributed by atoms with Gasteiger partial charge in [-0.3, -0.25) is 4.79 Å². The standard InChI is InChI=1S/C20H25ClN2O5/c1-5-27-16-8-7-13(9-19(16)28-6-2)23-20(24)12-22-15-11-17(25-3)14(21)10-18(15)26-4/h7-11,22H,5-6,12H2,1-4H3,(H,23,24). The summed E-state index contributed by atoms with van der Waals surface area (Å²) >= 11 is 6.09. The fraction of sp³-hybridized carbons (Fsp3) is 0.350. The van der Waals surface area contributed by atoms with Crippen LogP contribution in [-0.4, -0.2) is 39.9 Å². The van der Waals surface area contributed by atoms with Gasteiger partial charge in [-0.25, -0.2) is 0 Å². The number of rotatable bonds is 10. The van der Waals surface area contributed by atoms with Crippen LogP contribution in [0.4, 0.5) is 11.4 Å². The van der Waals surface area contributed by atoms with Crippen LogP contribution in [0.25, 0.3) is 0 Å². The van der Waals surface area contributed by atoms with Gasteiger partial charge in [-0.15, -0.1) is 0 Å². The second-order valence-electron chi connectivity index (χ2n) is 5.62. The van der Waals surface area contributed by atoms with Crippen molar-refractivity contribution in [2.75, 3.05) is 44.6 Å². The molecule has 0 aliphatic heterocycles.